The van der Waals surface area contributed by atoms with Gasteiger partial charge in [-0.05, 0) is 52.3 Å². The van der Waals surface area contributed by atoms with Gasteiger partial charge in [-0.25, -0.2) is 10.4 Å². The lowest BCUT2D eigenvalue weighted by molar-refractivity contribution is -0.121. The van der Waals surface area contributed by atoms with Crippen molar-refractivity contribution in [1.29, 1.82) is 0 Å². The number of nitrogens with one attached hydrogen (secondary N) is 1. The van der Waals surface area contributed by atoms with Crippen LogP contribution in [-0.2, 0) is 11.3 Å². The summed E-state index contributed by atoms with van der Waals surface area (Å²) in [6.45, 7) is 0.0118. The number of aromatic hydroxyl groups is 1. The molecule has 0 saturated heterocycles. The summed E-state index contributed by atoms with van der Waals surface area (Å²) in [5.74, 6) is 0.305. The van der Waals surface area contributed by atoms with Crippen molar-refractivity contribution in [1.82, 2.24) is 20.0 Å². The Hall–Kier alpha value is -3.04. The number of rotatable bonds is 5. The van der Waals surface area contributed by atoms with Gasteiger partial charge >= 0.3 is 0 Å². The molecular weight excluding hydrogens is 514 g/mol. The van der Waals surface area contributed by atoms with Crippen LogP contribution in [0.2, 0.25) is 0 Å². The molecular formula is C21H15Br2N5O2. The Bertz CT molecular complexity index is 1260. The Kier molecular flexibility index (Phi) is 5.91. The van der Waals surface area contributed by atoms with Gasteiger partial charge in [-0.1, -0.05) is 34.1 Å². The first kappa shape index (κ1) is 20.2. The molecule has 1 amide bonds. The highest BCUT2D eigenvalue weighted by Gasteiger charge is 2.15. The van der Waals surface area contributed by atoms with Gasteiger partial charge in [-0.2, -0.15) is 5.10 Å². The third-order valence-corrected chi connectivity index (χ3v) is 5.36. The number of phenolic OH excluding ortho intramolecular Hbond substituents is 1. The molecule has 0 spiro atoms. The maximum atomic E-state index is 12.6. The van der Waals surface area contributed by atoms with E-state index in [4.69, 9.17) is 0 Å². The van der Waals surface area contributed by atoms with E-state index in [2.05, 4.69) is 52.4 Å². The van der Waals surface area contributed by atoms with Crippen molar-refractivity contribution in [2.75, 3.05) is 0 Å². The highest BCUT2D eigenvalue weighted by Crippen LogP contribution is 2.30. The normalized spacial score (nSPS) is 11.3. The lowest BCUT2D eigenvalue weighted by Gasteiger charge is -2.08. The molecule has 2 heterocycles. The molecule has 0 unspecified atom stereocenters. The molecule has 0 aliphatic rings. The Labute approximate surface area is 188 Å². The van der Waals surface area contributed by atoms with Gasteiger partial charge in [0.15, 0.2) is 5.82 Å². The second-order valence-electron chi connectivity index (χ2n) is 6.34. The number of hydrogen-bond acceptors (Lipinski definition) is 5. The largest absolute Gasteiger partial charge is 0.506 e. The number of nitrogens with zero attached hydrogens (tertiary/aromatic N) is 4. The lowest BCUT2D eigenvalue weighted by Crippen LogP contribution is -2.23. The summed E-state index contributed by atoms with van der Waals surface area (Å²) in [5.41, 5.74) is 5.23. The van der Waals surface area contributed by atoms with E-state index in [1.54, 1.807) is 22.9 Å². The number of benzene rings is 2. The summed E-state index contributed by atoms with van der Waals surface area (Å²) in [6, 6.07) is 16.5. The van der Waals surface area contributed by atoms with E-state index in [1.165, 1.54) is 6.21 Å². The molecule has 30 heavy (non-hydrogen) atoms. The van der Waals surface area contributed by atoms with Crippen molar-refractivity contribution in [2.45, 2.75) is 6.54 Å². The maximum Gasteiger partial charge on any atom is 0.260 e. The Morgan fingerprint density at radius 3 is 2.77 bits per heavy atom. The minimum absolute atomic E-state index is 0.0118. The summed E-state index contributed by atoms with van der Waals surface area (Å²) >= 11 is 6.62. The van der Waals surface area contributed by atoms with Gasteiger partial charge in [0.2, 0.25) is 0 Å². The molecule has 0 aliphatic heterocycles. The van der Waals surface area contributed by atoms with Crippen LogP contribution in [0.3, 0.4) is 0 Å². The second kappa shape index (κ2) is 8.76. The van der Waals surface area contributed by atoms with Gasteiger partial charge in [0, 0.05) is 16.2 Å². The van der Waals surface area contributed by atoms with E-state index >= 15 is 0 Å². The van der Waals surface area contributed by atoms with Crippen molar-refractivity contribution in [3.8, 4) is 17.3 Å². The third kappa shape index (κ3) is 4.27. The van der Waals surface area contributed by atoms with E-state index in [-0.39, 0.29) is 18.2 Å². The molecule has 4 aromatic rings. The zero-order chi connectivity index (χ0) is 21.1. The highest BCUT2D eigenvalue weighted by atomic mass is 79.9. The molecule has 2 aromatic carbocycles. The molecule has 0 atom stereocenters. The maximum absolute atomic E-state index is 12.6. The van der Waals surface area contributed by atoms with E-state index in [0.717, 1.165) is 15.5 Å². The quantitative estimate of drug-likeness (QED) is 0.295. The molecule has 7 nitrogen and oxygen atoms in total. The average Bonchev–Trinajstić information content (AvgIpc) is 3.10. The van der Waals surface area contributed by atoms with Gasteiger partial charge in [0.25, 0.3) is 5.91 Å². The number of carbonyl (C=O) groups is 1. The summed E-state index contributed by atoms with van der Waals surface area (Å²) in [5, 5.41) is 14.1. The summed E-state index contributed by atoms with van der Waals surface area (Å²) in [4.78, 5) is 21.6. The number of hydrazone groups is 1. The fraction of sp³-hybridized carbons (Fsp3) is 0.0476. The Balaban J connectivity index is 1.58. The molecule has 9 heteroatoms. The van der Waals surface area contributed by atoms with Gasteiger partial charge in [-0.15, -0.1) is 0 Å². The van der Waals surface area contributed by atoms with Gasteiger partial charge in [0.05, 0.1) is 21.7 Å². The Morgan fingerprint density at radius 2 is 1.97 bits per heavy atom. The number of para-hydroxylation sites is 2. The molecule has 0 radical (unpaired) electrons. The van der Waals surface area contributed by atoms with Crippen LogP contribution in [0.5, 0.6) is 5.75 Å². The van der Waals surface area contributed by atoms with Crippen LogP contribution < -0.4 is 5.43 Å². The van der Waals surface area contributed by atoms with Crippen molar-refractivity contribution in [3.05, 3.63) is 75.3 Å². The lowest BCUT2D eigenvalue weighted by atomic mass is 10.2. The molecule has 0 aliphatic carbocycles. The van der Waals surface area contributed by atoms with Crippen LogP contribution in [0, 0.1) is 0 Å². The van der Waals surface area contributed by atoms with Crippen LogP contribution in [0.1, 0.15) is 5.56 Å². The van der Waals surface area contributed by atoms with Crippen LogP contribution in [-0.4, -0.2) is 31.8 Å². The van der Waals surface area contributed by atoms with Gasteiger partial charge in [-0.3, -0.25) is 9.78 Å². The van der Waals surface area contributed by atoms with Gasteiger partial charge < -0.3 is 9.67 Å². The number of aromatic nitrogens is 3. The van der Waals surface area contributed by atoms with E-state index < -0.39 is 0 Å². The summed E-state index contributed by atoms with van der Waals surface area (Å²) < 4.78 is 3.09. The fourth-order valence-electron chi connectivity index (χ4n) is 2.96. The molecule has 0 saturated carbocycles. The zero-order valence-electron chi connectivity index (χ0n) is 15.5. The second-order valence-corrected chi connectivity index (χ2v) is 8.11. The summed E-state index contributed by atoms with van der Waals surface area (Å²) in [6.07, 6.45) is 3.07. The van der Waals surface area contributed by atoms with Crippen LogP contribution in [0.15, 0.2) is 74.8 Å². The molecule has 0 fully saturated rings. The fourth-order valence-corrected chi connectivity index (χ4v) is 4.22. The smallest absolute Gasteiger partial charge is 0.260 e. The number of imidazole rings is 1. The first-order valence-electron chi connectivity index (χ1n) is 8.89. The predicted octanol–water partition coefficient (Wildman–Crippen LogP) is 4.48. The standard InChI is InChI=1S/C21H15Br2N5O2/c22-14-9-13(20(30)15(23)10-14)11-25-27-19(29)12-28-18-7-2-1-5-16(18)26-21(28)17-6-3-4-8-24-17/h1-11,30H,12H2,(H,27,29)/b25-11+. The summed E-state index contributed by atoms with van der Waals surface area (Å²) in [7, 11) is 0. The topological polar surface area (TPSA) is 92.4 Å². The Morgan fingerprint density at radius 1 is 1.17 bits per heavy atom. The minimum atomic E-state index is -0.333. The third-order valence-electron chi connectivity index (χ3n) is 4.30. The van der Waals surface area contributed by atoms with Crippen molar-refractivity contribution in [2.24, 2.45) is 5.10 Å². The van der Waals surface area contributed by atoms with Gasteiger partial charge in [0.1, 0.15) is 18.0 Å². The minimum Gasteiger partial charge on any atom is -0.506 e. The zero-order valence-corrected chi connectivity index (χ0v) is 18.6. The number of amides is 1. The monoisotopic (exact) mass is 527 g/mol. The SMILES string of the molecule is O=C(Cn1c(-c2ccccn2)nc2ccccc21)N/N=C/c1cc(Br)cc(Br)c1O. The average molecular weight is 529 g/mol. The molecule has 2 N–H and O–H groups in total. The first-order chi connectivity index (χ1) is 14.5. The van der Waals surface area contributed by atoms with Crippen LogP contribution in [0.25, 0.3) is 22.6 Å². The molecule has 2 aromatic heterocycles. The van der Waals surface area contributed by atoms with Crippen molar-refractivity contribution in [3.63, 3.8) is 0 Å². The predicted molar refractivity (Wildman–Crippen MR) is 122 cm³/mol. The number of fused-ring (bicyclic) bond motifs is 1. The highest BCUT2D eigenvalue weighted by molar-refractivity contribution is 9.11. The van der Waals surface area contributed by atoms with E-state index in [1.807, 2.05) is 42.5 Å². The number of halogens is 2. The van der Waals surface area contributed by atoms with E-state index in [9.17, 15) is 9.90 Å². The number of phenols is 1. The van der Waals surface area contributed by atoms with Crippen molar-refractivity contribution < 1.29 is 9.90 Å². The number of pyridine rings is 1. The molecule has 150 valence electrons. The molecule has 4 rings (SSSR count). The van der Waals surface area contributed by atoms with E-state index in [0.29, 0.717) is 21.6 Å². The van der Waals surface area contributed by atoms with Crippen LogP contribution in [0.4, 0.5) is 0 Å². The van der Waals surface area contributed by atoms with Crippen molar-refractivity contribution >= 4 is 55.0 Å². The molecule has 0 bridgehead atoms. The number of hydrogen-bond donors (Lipinski definition) is 2. The number of carbonyl (C=O) groups excluding carboxylic acids is 1. The van der Waals surface area contributed by atoms with Crippen LogP contribution >= 0.6 is 31.9 Å². The first-order valence-corrected chi connectivity index (χ1v) is 10.5.